The Kier molecular flexibility index (Phi) is 4.17. The van der Waals surface area contributed by atoms with Crippen molar-refractivity contribution >= 4 is 21.7 Å². The number of aromatic nitrogens is 2. The number of hydrogen-bond donors (Lipinski definition) is 0. The van der Waals surface area contributed by atoms with Crippen LogP contribution in [0.1, 0.15) is 0 Å². The minimum Gasteiger partial charge on any atom is -0.486 e. The molecular weight excluding hydrogens is 366 g/mol. The zero-order valence-electron chi connectivity index (χ0n) is 13.0. The van der Waals surface area contributed by atoms with Gasteiger partial charge >= 0.3 is 0 Å². The molecule has 2 aromatic carbocycles. The predicted molar refractivity (Wildman–Crippen MR) is 98.2 cm³/mol. The van der Waals surface area contributed by atoms with Crippen LogP contribution < -0.4 is 9.64 Å². The smallest absolute Gasteiger partial charge is 0.151 e. The highest BCUT2D eigenvalue weighted by Gasteiger charge is 2.30. The number of anilines is 1. The molecule has 0 saturated carbocycles. The van der Waals surface area contributed by atoms with Crippen LogP contribution in [0.2, 0.25) is 0 Å². The molecule has 0 spiro atoms. The van der Waals surface area contributed by atoms with E-state index in [2.05, 4.69) is 31.0 Å². The number of hydrogen-bond acceptors (Lipinski definition) is 4. The number of benzene rings is 2. The minimum absolute atomic E-state index is 0.180. The van der Waals surface area contributed by atoms with Gasteiger partial charge in [0.2, 0.25) is 0 Å². The van der Waals surface area contributed by atoms with E-state index in [1.54, 1.807) is 0 Å². The van der Waals surface area contributed by atoms with Crippen molar-refractivity contribution in [2.75, 3.05) is 18.0 Å². The van der Waals surface area contributed by atoms with Gasteiger partial charge < -0.3 is 9.64 Å². The van der Waals surface area contributed by atoms with E-state index >= 15 is 0 Å². The average Bonchev–Trinajstić information content (AvgIpc) is 2.60. The highest BCUT2D eigenvalue weighted by molar-refractivity contribution is 9.10. The topological polar surface area (TPSA) is 38.2 Å². The molecule has 0 radical (unpaired) electrons. The summed E-state index contributed by atoms with van der Waals surface area (Å²) in [6, 6.07) is 22.0. The van der Waals surface area contributed by atoms with Crippen molar-refractivity contribution in [2.24, 2.45) is 0 Å². The van der Waals surface area contributed by atoms with E-state index in [1.807, 2.05) is 66.7 Å². The summed E-state index contributed by atoms with van der Waals surface area (Å²) in [5, 5.41) is 8.68. The Morgan fingerprint density at radius 2 is 1.62 bits per heavy atom. The van der Waals surface area contributed by atoms with Crippen molar-refractivity contribution in [3.63, 3.8) is 0 Å². The second-order valence-corrected chi connectivity index (χ2v) is 6.57. The monoisotopic (exact) mass is 381 g/mol. The maximum absolute atomic E-state index is 5.99. The van der Waals surface area contributed by atoms with Gasteiger partial charge in [-0.05, 0) is 40.2 Å². The molecule has 120 valence electrons. The SMILES string of the molecule is Brc1ccccc1OC1CN(c2ccc(-c3ccccc3)nn2)C1. The van der Waals surface area contributed by atoms with Gasteiger partial charge in [0.1, 0.15) is 11.9 Å². The summed E-state index contributed by atoms with van der Waals surface area (Å²) in [6.45, 7) is 1.64. The molecule has 24 heavy (non-hydrogen) atoms. The number of para-hydroxylation sites is 1. The molecule has 0 bridgehead atoms. The molecule has 1 saturated heterocycles. The molecule has 1 aromatic heterocycles. The molecule has 2 heterocycles. The van der Waals surface area contributed by atoms with Crippen LogP contribution in [-0.4, -0.2) is 29.4 Å². The van der Waals surface area contributed by atoms with Gasteiger partial charge in [-0.15, -0.1) is 10.2 Å². The quantitative estimate of drug-likeness (QED) is 0.679. The van der Waals surface area contributed by atoms with Gasteiger partial charge in [-0.3, -0.25) is 0 Å². The number of ether oxygens (including phenoxy) is 1. The molecule has 0 N–H and O–H groups in total. The summed E-state index contributed by atoms with van der Waals surface area (Å²) in [6.07, 6.45) is 0.180. The molecule has 1 fully saturated rings. The normalized spacial score (nSPS) is 14.3. The summed E-state index contributed by atoms with van der Waals surface area (Å²) in [7, 11) is 0. The molecule has 0 unspecified atom stereocenters. The number of halogens is 1. The Bertz CT molecular complexity index is 818. The third-order valence-electron chi connectivity index (χ3n) is 4.02. The Morgan fingerprint density at radius 1 is 0.875 bits per heavy atom. The maximum atomic E-state index is 5.99. The first-order valence-corrected chi connectivity index (χ1v) is 8.64. The van der Waals surface area contributed by atoms with Crippen LogP contribution in [0, 0.1) is 0 Å². The average molecular weight is 382 g/mol. The third-order valence-corrected chi connectivity index (χ3v) is 4.68. The standard InChI is InChI=1S/C19H16BrN3O/c20-16-8-4-5-9-18(16)24-15-12-23(13-15)19-11-10-17(21-22-19)14-6-2-1-3-7-14/h1-11,15H,12-13H2. The zero-order chi connectivity index (χ0) is 16.4. The second-order valence-electron chi connectivity index (χ2n) is 5.72. The van der Waals surface area contributed by atoms with Crippen molar-refractivity contribution in [2.45, 2.75) is 6.10 Å². The highest BCUT2D eigenvalue weighted by atomic mass is 79.9. The van der Waals surface area contributed by atoms with Crippen molar-refractivity contribution in [1.82, 2.24) is 10.2 Å². The zero-order valence-corrected chi connectivity index (χ0v) is 14.6. The molecule has 5 heteroatoms. The summed E-state index contributed by atoms with van der Waals surface area (Å²) in [5.74, 6) is 1.77. The van der Waals surface area contributed by atoms with Crippen LogP contribution in [0.4, 0.5) is 5.82 Å². The summed E-state index contributed by atoms with van der Waals surface area (Å²) in [5.41, 5.74) is 1.97. The molecule has 1 aliphatic rings. The fraction of sp³-hybridized carbons (Fsp3) is 0.158. The minimum atomic E-state index is 0.180. The van der Waals surface area contributed by atoms with E-state index < -0.39 is 0 Å². The van der Waals surface area contributed by atoms with Crippen molar-refractivity contribution < 1.29 is 4.74 Å². The van der Waals surface area contributed by atoms with Crippen LogP contribution >= 0.6 is 15.9 Å². The van der Waals surface area contributed by atoms with Crippen LogP contribution in [-0.2, 0) is 0 Å². The van der Waals surface area contributed by atoms with Crippen LogP contribution in [0.5, 0.6) is 5.75 Å². The van der Waals surface area contributed by atoms with Crippen molar-refractivity contribution in [3.05, 3.63) is 71.2 Å². The van der Waals surface area contributed by atoms with Crippen LogP contribution in [0.15, 0.2) is 71.2 Å². The first-order valence-electron chi connectivity index (χ1n) is 7.85. The fourth-order valence-electron chi connectivity index (χ4n) is 2.68. The van der Waals surface area contributed by atoms with Crippen molar-refractivity contribution in [3.8, 4) is 17.0 Å². The number of rotatable bonds is 4. The molecule has 1 aliphatic heterocycles. The van der Waals surface area contributed by atoms with Gasteiger partial charge in [-0.25, -0.2) is 0 Å². The first-order chi connectivity index (χ1) is 11.8. The molecule has 0 atom stereocenters. The summed E-state index contributed by atoms with van der Waals surface area (Å²) in [4.78, 5) is 2.17. The lowest BCUT2D eigenvalue weighted by Gasteiger charge is -2.39. The third kappa shape index (κ3) is 3.12. The molecular formula is C19H16BrN3O. The maximum Gasteiger partial charge on any atom is 0.151 e. The molecule has 0 aliphatic carbocycles. The van der Waals surface area contributed by atoms with E-state index in [4.69, 9.17) is 4.74 Å². The van der Waals surface area contributed by atoms with Crippen LogP contribution in [0.25, 0.3) is 11.3 Å². The van der Waals surface area contributed by atoms with Gasteiger partial charge in [0.25, 0.3) is 0 Å². The lowest BCUT2D eigenvalue weighted by molar-refractivity contribution is 0.165. The first kappa shape index (κ1) is 15.1. The Hall–Kier alpha value is -2.40. The molecule has 0 amide bonds. The van der Waals surface area contributed by atoms with E-state index in [0.29, 0.717) is 0 Å². The van der Waals surface area contributed by atoms with Gasteiger partial charge in [0.15, 0.2) is 5.82 Å². The van der Waals surface area contributed by atoms with Gasteiger partial charge in [0, 0.05) is 5.56 Å². The molecule has 4 nitrogen and oxygen atoms in total. The Labute approximate surface area is 149 Å². The molecule has 3 aromatic rings. The van der Waals surface area contributed by atoms with Gasteiger partial charge in [-0.2, -0.15) is 0 Å². The summed E-state index contributed by atoms with van der Waals surface area (Å²) >= 11 is 3.51. The van der Waals surface area contributed by atoms with E-state index in [0.717, 1.165) is 40.4 Å². The largest absolute Gasteiger partial charge is 0.486 e. The summed E-state index contributed by atoms with van der Waals surface area (Å²) < 4.78 is 6.97. The van der Waals surface area contributed by atoms with E-state index in [9.17, 15) is 0 Å². The van der Waals surface area contributed by atoms with Gasteiger partial charge in [-0.1, -0.05) is 42.5 Å². The van der Waals surface area contributed by atoms with Crippen LogP contribution in [0.3, 0.4) is 0 Å². The van der Waals surface area contributed by atoms with E-state index in [-0.39, 0.29) is 6.10 Å². The predicted octanol–water partition coefficient (Wildman–Crippen LogP) is 4.17. The number of nitrogens with zero attached hydrogens (tertiary/aromatic N) is 3. The Morgan fingerprint density at radius 3 is 2.33 bits per heavy atom. The van der Waals surface area contributed by atoms with Crippen molar-refractivity contribution in [1.29, 1.82) is 0 Å². The fourth-order valence-corrected chi connectivity index (χ4v) is 3.05. The van der Waals surface area contributed by atoms with Gasteiger partial charge in [0.05, 0.1) is 23.3 Å². The molecule has 4 rings (SSSR count). The highest BCUT2D eigenvalue weighted by Crippen LogP contribution is 2.28. The lowest BCUT2D eigenvalue weighted by atomic mass is 10.1. The Balaban J connectivity index is 1.38. The second kappa shape index (κ2) is 6.61. The van der Waals surface area contributed by atoms with E-state index in [1.165, 1.54) is 0 Å². The lowest BCUT2D eigenvalue weighted by Crippen LogP contribution is -2.54.